The largest absolute Gasteiger partial charge is 0.477 e. The van der Waals surface area contributed by atoms with Crippen molar-refractivity contribution in [1.29, 1.82) is 0 Å². The molecule has 102 valence electrons. The van der Waals surface area contributed by atoms with Gasteiger partial charge in [-0.3, -0.25) is 4.79 Å². The Hall–Kier alpha value is -2.28. The van der Waals surface area contributed by atoms with Gasteiger partial charge in [-0.25, -0.2) is 14.2 Å². The molecular weight excluding hydrogens is 331 g/mol. The van der Waals surface area contributed by atoms with Gasteiger partial charge >= 0.3 is 5.97 Å². The Balaban J connectivity index is 2.28. The van der Waals surface area contributed by atoms with Crippen LogP contribution >= 0.6 is 15.9 Å². The number of hydrogen-bond donors (Lipinski definition) is 2. The second-order valence-corrected chi connectivity index (χ2v) is 4.62. The number of carbonyl (C=O) groups is 2. The maximum atomic E-state index is 13.6. The average molecular weight is 339 g/mol. The van der Waals surface area contributed by atoms with Crippen LogP contribution in [0.1, 0.15) is 20.8 Å². The Morgan fingerprint density at radius 2 is 1.90 bits per heavy atom. The number of pyridine rings is 1. The molecule has 1 aromatic carbocycles. The SMILES string of the molecule is O=C(O)c1cccc(NC(=O)c2c(F)cccc2Br)n1. The minimum Gasteiger partial charge on any atom is -0.477 e. The number of halogens is 2. The molecule has 0 saturated heterocycles. The van der Waals surface area contributed by atoms with Gasteiger partial charge in [-0.1, -0.05) is 12.1 Å². The van der Waals surface area contributed by atoms with E-state index in [1.165, 1.54) is 30.3 Å². The van der Waals surface area contributed by atoms with E-state index in [4.69, 9.17) is 5.11 Å². The fourth-order valence-corrected chi connectivity index (χ4v) is 2.04. The average Bonchev–Trinajstić information content (AvgIpc) is 2.38. The second-order valence-electron chi connectivity index (χ2n) is 3.76. The monoisotopic (exact) mass is 338 g/mol. The molecule has 2 N–H and O–H groups in total. The second kappa shape index (κ2) is 5.79. The number of aromatic carboxylic acids is 1. The Morgan fingerprint density at radius 3 is 2.55 bits per heavy atom. The van der Waals surface area contributed by atoms with Crippen LogP contribution in [0.5, 0.6) is 0 Å². The van der Waals surface area contributed by atoms with Gasteiger partial charge < -0.3 is 10.4 Å². The number of nitrogens with one attached hydrogen (secondary N) is 1. The van der Waals surface area contributed by atoms with E-state index in [0.29, 0.717) is 4.47 Å². The van der Waals surface area contributed by atoms with Crippen LogP contribution in [-0.2, 0) is 0 Å². The summed E-state index contributed by atoms with van der Waals surface area (Å²) in [7, 11) is 0. The van der Waals surface area contributed by atoms with E-state index >= 15 is 0 Å². The Bertz CT molecular complexity index is 671. The minimum atomic E-state index is -1.21. The van der Waals surface area contributed by atoms with Crippen LogP contribution in [0.4, 0.5) is 10.2 Å². The molecule has 0 aliphatic heterocycles. The number of anilines is 1. The van der Waals surface area contributed by atoms with E-state index in [1.54, 1.807) is 0 Å². The summed E-state index contributed by atoms with van der Waals surface area (Å²) in [5, 5.41) is 11.2. The number of carboxylic acids is 1. The van der Waals surface area contributed by atoms with Crippen molar-refractivity contribution in [3.63, 3.8) is 0 Å². The quantitative estimate of drug-likeness (QED) is 0.901. The predicted molar refractivity (Wildman–Crippen MR) is 73.2 cm³/mol. The highest BCUT2D eigenvalue weighted by Crippen LogP contribution is 2.20. The summed E-state index contributed by atoms with van der Waals surface area (Å²) in [6.07, 6.45) is 0. The lowest BCUT2D eigenvalue weighted by Gasteiger charge is -2.07. The van der Waals surface area contributed by atoms with Crippen LogP contribution in [-0.4, -0.2) is 22.0 Å². The summed E-state index contributed by atoms with van der Waals surface area (Å²) in [4.78, 5) is 26.5. The highest BCUT2D eigenvalue weighted by Gasteiger charge is 2.16. The van der Waals surface area contributed by atoms with Gasteiger partial charge in [-0.15, -0.1) is 0 Å². The molecule has 0 aliphatic rings. The standard InChI is InChI=1S/C13H8BrFN2O3/c14-7-3-1-4-8(15)11(7)12(18)17-10-6-2-5-9(16-10)13(19)20/h1-6H,(H,19,20)(H,16,17,18). The number of carboxylic acid groups (broad SMARTS) is 1. The predicted octanol–water partition coefficient (Wildman–Crippen LogP) is 2.93. The number of carbonyl (C=O) groups excluding carboxylic acids is 1. The zero-order valence-corrected chi connectivity index (χ0v) is 11.5. The van der Waals surface area contributed by atoms with E-state index in [-0.39, 0.29) is 17.1 Å². The summed E-state index contributed by atoms with van der Waals surface area (Å²) in [6, 6.07) is 8.28. The molecule has 5 nitrogen and oxygen atoms in total. The van der Waals surface area contributed by atoms with Crippen molar-refractivity contribution in [3.8, 4) is 0 Å². The van der Waals surface area contributed by atoms with Gasteiger partial charge in [-0.2, -0.15) is 0 Å². The lowest BCUT2D eigenvalue weighted by Crippen LogP contribution is -2.16. The topological polar surface area (TPSA) is 79.3 Å². The zero-order valence-electron chi connectivity index (χ0n) is 9.93. The summed E-state index contributed by atoms with van der Waals surface area (Å²) >= 11 is 3.08. The first-order chi connectivity index (χ1) is 9.49. The zero-order chi connectivity index (χ0) is 14.7. The third-order valence-electron chi connectivity index (χ3n) is 2.40. The van der Waals surface area contributed by atoms with Crippen LogP contribution in [0.2, 0.25) is 0 Å². The van der Waals surface area contributed by atoms with Crippen molar-refractivity contribution >= 4 is 33.6 Å². The first kappa shape index (κ1) is 14.1. The van der Waals surface area contributed by atoms with Crippen molar-refractivity contribution in [2.45, 2.75) is 0 Å². The smallest absolute Gasteiger partial charge is 0.354 e. The van der Waals surface area contributed by atoms with Crippen LogP contribution < -0.4 is 5.32 Å². The molecule has 0 radical (unpaired) electrons. The van der Waals surface area contributed by atoms with Gasteiger partial charge in [0, 0.05) is 4.47 Å². The van der Waals surface area contributed by atoms with Gasteiger partial charge in [0.15, 0.2) is 5.69 Å². The number of rotatable bonds is 3. The molecule has 7 heteroatoms. The number of aromatic nitrogens is 1. The molecule has 0 spiro atoms. The molecule has 1 amide bonds. The van der Waals surface area contributed by atoms with Gasteiger partial charge in [0.05, 0.1) is 5.56 Å². The Kier molecular flexibility index (Phi) is 4.09. The summed E-state index contributed by atoms with van der Waals surface area (Å²) < 4.78 is 13.9. The van der Waals surface area contributed by atoms with E-state index in [1.807, 2.05) is 0 Å². The number of amides is 1. The van der Waals surface area contributed by atoms with E-state index in [0.717, 1.165) is 6.07 Å². The van der Waals surface area contributed by atoms with Crippen molar-refractivity contribution in [2.24, 2.45) is 0 Å². The molecule has 0 unspecified atom stereocenters. The third kappa shape index (κ3) is 3.00. The van der Waals surface area contributed by atoms with E-state index < -0.39 is 17.7 Å². The lowest BCUT2D eigenvalue weighted by atomic mass is 10.2. The van der Waals surface area contributed by atoms with Crippen LogP contribution in [0.25, 0.3) is 0 Å². The highest BCUT2D eigenvalue weighted by atomic mass is 79.9. The molecule has 1 heterocycles. The van der Waals surface area contributed by atoms with Gasteiger partial charge in [0.25, 0.3) is 5.91 Å². The van der Waals surface area contributed by atoms with Crippen molar-refractivity contribution in [3.05, 3.63) is 57.9 Å². The van der Waals surface area contributed by atoms with Crippen LogP contribution in [0.15, 0.2) is 40.9 Å². The number of hydrogen-bond acceptors (Lipinski definition) is 3. The molecule has 1 aromatic heterocycles. The molecule has 0 atom stereocenters. The maximum absolute atomic E-state index is 13.6. The molecule has 2 aromatic rings. The maximum Gasteiger partial charge on any atom is 0.354 e. The first-order valence-electron chi connectivity index (χ1n) is 5.45. The summed E-state index contributed by atoms with van der Waals surface area (Å²) in [5.74, 6) is -2.59. The highest BCUT2D eigenvalue weighted by molar-refractivity contribution is 9.10. The van der Waals surface area contributed by atoms with Crippen LogP contribution in [0, 0.1) is 5.82 Å². The molecule has 0 aliphatic carbocycles. The molecular formula is C13H8BrFN2O3. The fraction of sp³-hybridized carbons (Fsp3) is 0. The first-order valence-corrected chi connectivity index (χ1v) is 6.24. The van der Waals surface area contributed by atoms with E-state index in [9.17, 15) is 14.0 Å². The van der Waals surface area contributed by atoms with Gasteiger partial charge in [0.1, 0.15) is 11.6 Å². The number of nitrogens with zero attached hydrogens (tertiary/aromatic N) is 1. The van der Waals surface area contributed by atoms with Gasteiger partial charge in [0.2, 0.25) is 0 Å². The van der Waals surface area contributed by atoms with Crippen molar-refractivity contribution in [2.75, 3.05) is 5.32 Å². The van der Waals surface area contributed by atoms with E-state index in [2.05, 4.69) is 26.2 Å². The molecule has 0 saturated carbocycles. The molecule has 0 fully saturated rings. The fourth-order valence-electron chi connectivity index (χ4n) is 1.52. The lowest BCUT2D eigenvalue weighted by molar-refractivity contribution is 0.0690. The minimum absolute atomic E-state index is 0.0325. The molecule has 0 bridgehead atoms. The van der Waals surface area contributed by atoms with Gasteiger partial charge in [-0.05, 0) is 40.2 Å². The van der Waals surface area contributed by atoms with Crippen LogP contribution in [0.3, 0.4) is 0 Å². The molecule has 2 rings (SSSR count). The normalized spacial score (nSPS) is 10.1. The Morgan fingerprint density at radius 1 is 1.20 bits per heavy atom. The summed E-state index contributed by atoms with van der Waals surface area (Å²) in [5.41, 5.74) is -0.384. The third-order valence-corrected chi connectivity index (χ3v) is 3.06. The number of benzene rings is 1. The Labute approximate surface area is 121 Å². The van der Waals surface area contributed by atoms with Crippen molar-refractivity contribution in [1.82, 2.24) is 4.98 Å². The van der Waals surface area contributed by atoms with Crippen molar-refractivity contribution < 1.29 is 19.1 Å². The molecule has 20 heavy (non-hydrogen) atoms. The summed E-state index contributed by atoms with van der Waals surface area (Å²) in [6.45, 7) is 0.